The molecule has 0 aliphatic carbocycles. The molecule has 3 aromatic carbocycles. The van der Waals surface area contributed by atoms with Crippen LogP contribution in [0.3, 0.4) is 0 Å². The van der Waals surface area contributed by atoms with Gasteiger partial charge in [-0.1, -0.05) is 48.5 Å². The number of carbonyl (C=O) groups is 2. The number of carboxylic acids is 1. The predicted octanol–water partition coefficient (Wildman–Crippen LogP) is 3.16. The topological polar surface area (TPSA) is 143 Å². The van der Waals surface area contributed by atoms with E-state index >= 15 is 0 Å². The zero-order chi connectivity index (χ0) is 27.4. The quantitative estimate of drug-likeness (QED) is 0.206. The summed E-state index contributed by atoms with van der Waals surface area (Å²) in [7, 11) is -4.10. The van der Waals surface area contributed by atoms with Crippen molar-refractivity contribution in [3.63, 3.8) is 0 Å². The van der Waals surface area contributed by atoms with Crippen molar-refractivity contribution in [1.82, 2.24) is 15.0 Å². The van der Waals surface area contributed by atoms with Gasteiger partial charge in [-0.15, -0.1) is 0 Å². The van der Waals surface area contributed by atoms with Crippen molar-refractivity contribution >= 4 is 44.3 Å². The first-order valence-corrected chi connectivity index (χ1v) is 13.8. The Morgan fingerprint density at radius 1 is 1.05 bits per heavy atom. The maximum Gasteiger partial charge on any atom is 0.308 e. The van der Waals surface area contributed by atoms with Gasteiger partial charge >= 0.3 is 5.97 Å². The number of fused-ring (bicyclic) bond motifs is 1. The number of hydrazine groups is 1. The summed E-state index contributed by atoms with van der Waals surface area (Å²) in [5.74, 6) is -2.47. The van der Waals surface area contributed by atoms with Gasteiger partial charge in [0.2, 0.25) is 11.9 Å². The van der Waals surface area contributed by atoms with Gasteiger partial charge in [0.15, 0.2) is 0 Å². The van der Waals surface area contributed by atoms with E-state index in [-0.39, 0.29) is 10.8 Å². The normalized spacial score (nSPS) is 18.4. The third-order valence-corrected chi connectivity index (χ3v) is 8.21. The Kier molecular flexibility index (Phi) is 7.86. The van der Waals surface area contributed by atoms with Gasteiger partial charge in [-0.2, -0.15) is 0 Å². The van der Waals surface area contributed by atoms with Gasteiger partial charge in [-0.3, -0.25) is 25.4 Å². The molecule has 11 heteroatoms. The average molecular weight is 538 g/mol. The number of hydrogen-bond donors (Lipinski definition) is 4. The number of carbonyl (C=O) groups excluding carboxylic acids is 1. The van der Waals surface area contributed by atoms with E-state index in [4.69, 9.17) is 5.41 Å². The molecule has 0 aromatic heterocycles. The van der Waals surface area contributed by atoms with E-state index in [1.807, 2.05) is 18.2 Å². The van der Waals surface area contributed by atoms with Crippen molar-refractivity contribution in [2.75, 3.05) is 11.6 Å². The highest BCUT2D eigenvalue weighted by atomic mass is 32.2. The van der Waals surface area contributed by atoms with Crippen molar-refractivity contribution in [3.05, 3.63) is 72.8 Å². The number of rotatable bonds is 7. The maximum absolute atomic E-state index is 13.5. The minimum atomic E-state index is -4.10. The number of guanidine groups is 1. The summed E-state index contributed by atoms with van der Waals surface area (Å²) in [5, 5.41) is 21.0. The van der Waals surface area contributed by atoms with Crippen molar-refractivity contribution in [3.8, 4) is 0 Å². The highest BCUT2D eigenvalue weighted by Gasteiger charge is 2.38. The van der Waals surface area contributed by atoms with Gasteiger partial charge in [0.25, 0.3) is 10.0 Å². The second kappa shape index (κ2) is 11.1. The molecule has 1 aliphatic heterocycles. The summed E-state index contributed by atoms with van der Waals surface area (Å²) < 4.78 is 28.4. The van der Waals surface area contributed by atoms with Crippen molar-refractivity contribution < 1.29 is 23.1 Å². The zero-order valence-electron chi connectivity index (χ0n) is 21.2. The molecule has 1 amide bonds. The highest BCUT2D eigenvalue weighted by molar-refractivity contribution is 7.90. The smallest absolute Gasteiger partial charge is 0.308 e. The first kappa shape index (κ1) is 26.9. The monoisotopic (exact) mass is 537 g/mol. The van der Waals surface area contributed by atoms with Crippen molar-refractivity contribution in [2.45, 2.75) is 43.7 Å². The van der Waals surface area contributed by atoms with Crippen molar-refractivity contribution in [1.29, 1.82) is 5.41 Å². The molecule has 1 heterocycles. The second-order valence-electron chi connectivity index (χ2n) is 9.34. The second-order valence-corrected chi connectivity index (χ2v) is 11.0. The van der Waals surface area contributed by atoms with E-state index < -0.39 is 40.0 Å². The molecular weight excluding hydrogens is 506 g/mol. The molecule has 0 saturated carbocycles. The zero-order valence-corrected chi connectivity index (χ0v) is 22.0. The highest BCUT2D eigenvalue weighted by Crippen LogP contribution is 2.26. The number of amides is 1. The molecule has 3 aromatic rings. The van der Waals surface area contributed by atoms with E-state index in [0.717, 1.165) is 10.8 Å². The molecule has 0 bridgehead atoms. The Labute approximate surface area is 221 Å². The van der Waals surface area contributed by atoms with Gasteiger partial charge in [0, 0.05) is 12.6 Å². The molecule has 0 spiro atoms. The number of nitrogens with one attached hydrogen (secondary N) is 3. The van der Waals surface area contributed by atoms with Crippen LogP contribution in [-0.2, 0) is 19.6 Å². The molecule has 3 atom stereocenters. The summed E-state index contributed by atoms with van der Waals surface area (Å²) in [6.45, 7) is 3.77. The largest absolute Gasteiger partial charge is 0.481 e. The molecule has 3 unspecified atom stereocenters. The minimum Gasteiger partial charge on any atom is -0.481 e. The molecule has 1 fully saturated rings. The van der Waals surface area contributed by atoms with Gasteiger partial charge in [0.1, 0.15) is 6.04 Å². The van der Waals surface area contributed by atoms with Crippen LogP contribution in [0.1, 0.15) is 26.7 Å². The molecule has 1 aliphatic rings. The first-order valence-electron chi connectivity index (χ1n) is 12.3. The summed E-state index contributed by atoms with van der Waals surface area (Å²) in [6.07, 6.45) is 1.07. The van der Waals surface area contributed by atoms with Crippen LogP contribution in [0, 0.1) is 11.3 Å². The summed E-state index contributed by atoms with van der Waals surface area (Å²) >= 11 is 0. The van der Waals surface area contributed by atoms with Gasteiger partial charge in [-0.05, 0) is 61.7 Å². The molecule has 4 N–H and O–H groups in total. The van der Waals surface area contributed by atoms with Crippen LogP contribution in [0.5, 0.6) is 0 Å². The lowest BCUT2D eigenvalue weighted by Gasteiger charge is -2.41. The molecule has 38 heavy (non-hydrogen) atoms. The SMILES string of the molecule is CC1C(C(=O)O)CCCN1C(=O)C(C)N(NC(=N)NS(=O)(=O)c1ccc2ccccc2c1)c1ccccc1. The summed E-state index contributed by atoms with van der Waals surface area (Å²) in [4.78, 5) is 26.8. The van der Waals surface area contributed by atoms with Crippen LogP contribution in [0.4, 0.5) is 5.69 Å². The lowest BCUT2D eigenvalue weighted by Crippen LogP contribution is -2.60. The van der Waals surface area contributed by atoms with E-state index in [1.54, 1.807) is 61.2 Å². The van der Waals surface area contributed by atoms with Crippen LogP contribution >= 0.6 is 0 Å². The number of aliphatic carboxylic acids is 1. The van der Waals surface area contributed by atoms with E-state index in [0.29, 0.717) is 25.1 Å². The van der Waals surface area contributed by atoms with Crippen LogP contribution < -0.4 is 15.2 Å². The number of sulfonamides is 1. The van der Waals surface area contributed by atoms with Crippen LogP contribution in [0.15, 0.2) is 77.7 Å². The van der Waals surface area contributed by atoms with Crippen LogP contribution in [0.2, 0.25) is 0 Å². The predicted molar refractivity (Wildman–Crippen MR) is 145 cm³/mol. The number of para-hydroxylation sites is 1. The Hall–Kier alpha value is -4.12. The van der Waals surface area contributed by atoms with E-state index in [9.17, 15) is 23.1 Å². The summed E-state index contributed by atoms with van der Waals surface area (Å²) in [5.41, 5.74) is 3.26. The maximum atomic E-state index is 13.5. The molecule has 200 valence electrons. The third-order valence-electron chi connectivity index (χ3n) is 6.87. The number of hydrogen-bond acceptors (Lipinski definition) is 6. The summed E-state index contributed by atoms with van der Waals surface area (Å²) in [6, 6.07) is 19.4. The molecule has 4 rings (SSSR count). The fourth-order valence-corrected chi connectivity index (χ4v) is 5.74. The van der Waals surface area contributed by atoms with E-state index in [2.05, 4.69) is 10.1 Å². The number of nitrogens with zero attached hydrogens (tertiary/aromatic N) is 2. The number of anilines is 1. The first-order chi connectivity index (χ1) is 18.1. The number of benzene rings is 3. The molecular formula is C27H31N5O5S. The average Bonchev–Trinajstić information content (AvgIpc) is 2.91. The van der Waals surface area contributed by atoms with Crippen LogP contribution in [-0.4, -0.2) is 54.9 Å². The number of piperidine rings is 1. The Balaban J connectivity index is 1.55. The lowest BCUT2D eigenvalue weighted by molar-refractivity contribution is -0.149. The van der Waals surface area contributed by atoms with Gasteiger partial charge < -0.3 is 10.0 Å². The molecule has 10 nitrogen and oxygen atoms in total. The Bertz CT molecular complexity index is 1450. The van der Waals surface area contributed by atoms with E-state index in [1.165, 1.54) is 17.1 Å². The third kappa shape index (κ3) is 5.72. The van der Waals surface area contributed by atoms with Crippen molar-refractivity contribution in [2.24, 2.45) is 5.92 Å². The molecule has 0 radical (unpaired) electrons. The van der Waals surface area contributed by atoms with Gasteiger partial charge in [-0.25, -0.2) is 13.1 Å². The van der Waals surface area contributed by atoms with Crippen LogP contribution in [0.25, 0.3) is 10.8 Å². The Morgan fingerprint density at radius 2 is 1.71 bits per heavy atom. The Morgan fingerprint density at radius 3 is 2.39 bits per heavy atom. The fourth-order valence-electron chi connectivity index (χ4n) is 4.78. The number of carboxylic acid groups (broad SMARTS) is 1. The standard InChI is InChI=1S/C27H31N5O5S/c1-18-24(26(34)35)13-8-16-31(18)25(33)19(2)32(22-11-4-3-5-12-22)29-27(28)30-38(36,37)23-15-14-20-9-6-7-10-21(20)17-23/h3-7,9-12,14-15,17-19,24H,8,13,16H2,1-2H3,(H,34,35)(H3,28,29,30). The minimum absolute atomic E-state index is 0.00000931. The van der Waals surface area contributed by atoms with Gasteiger partial charge in [0.05, 0.1) is 16.5 Å². The number of likely N-dealkylation sites (tertiary alicyclic amines) is 1. The lowest BCUT2D eigenvalue weighted by atomic mass is 9.90. The molecule has 1 saturated heterocycles. The fraction of sp³-hybridized carbons (Fsp3) is 0.296.